The molecule has 4 aromatic rings. The highest BCUT2D eigenvalue weighted by atomic mass is 15.3. The molecule has 0 radical (unpaired) electrons. The number of fused-ring (bicyclic) bond motifs is 3. The Bertz CT molecular complexity index is 1620. The van der Waals surface area contributed by atoms with E-state index in [-0.39, 0.29) is 6.29 Å². The number of benzene rings is 3. The van der Waals surface area contributed by atoms with Crippen LogP contribution in [0.3, 0.4) is 0 Å². The molecular weight excluding hydrogens is 438 g/mol. The first-order valence-corrected chi connectivity index (χ1v) is 12.8. The molecule has 1 atom stereocenters. The Labute approximate surface area is 211 Å². The quantitative estimate of drug-likeness (QED) is 0.290. The number of nitrogens with zero attached hydrogens (tertiary/aromatic N) is 3. The number of aromatic nitrogens is 1. The zero-order valence-corrected chi connectivity index (χ0v) is 20.1. The maximum atomic E-state index is 5.10. The summed E-state index contributed by atoms with van der Waals surface area (Å²) in [5, 5.41) is 2.49. The van der Waals surface area contributed by atoms with Crippen LogP contribution in [0, 0.1) is 0 Å². The van der Waals surface area contributed by atoms with Crippen molar-refractivity contribution in [1.82, 2.24) is 4.57 Å². The predicted octanol–water partition coefficient (Wildman–Crippen LogP) is 8.31. The number of para-hydroxylation sites is 2. The van der Waals surface area contributed by atoms with Gasteiger partial charge in [-0.2, -0.15) is 0 Å². The number of aliphatic imine (C=N–C) groups is 2. The van der Waals surface area contributed by atoms with E-state index in [9.17, 15) is 0 Å². The Morgan fingerprint density at radius 1 is 0.694 bits per heavy atom. The van der Waals surface area contributed by atoms with Gasteiger partial charge in [-0.15, -0.1) is 0 Å². The Balaban J connectivity index is 1.20. The molecule has 3 heteroatoms. The van der Waals surface area contributed by atoms with Crippen LogP contribution >= 0.6 is 0 Å². The van der Waals surface area contributed by atoms with Gasteiger partial charge in [0.2, 0.25) is 6.29 Å². The van der Waals surface area contributed by atoms with Gasteiger partial charge in [-0.1, -0.05) is 85.0 Å². The molecule has 0 spiro atoms. The molecule has 3 aliphatic rings. The summed E-state index contributed by atoms with van der Waals surface area (Å²) >= 11 is 0. The normalized spacial score (nSPS) is 19.4. The fourth-order valence-corrected chi connectivity index (χ4v) is 5.61. The summed E-state index contributed by atoms with van der Waals surface area (Å²) in [7, 11) is 0. The highest BCUT2D eigenvalue weighted by Crippen LogP contribution is 2.35. The molecule has 0 saturated heterocycles. The van der Waals surface area contributed by atoms with Crippen molar-refractivity contribution in [1.29, 1.82) is 0 Å². The van der Waals surface area contributed by atoms with Crippen LogP contribution in [0.5, 0.6) is 0 Å². The lowest BCUT2D eigenvalue weighted by Crippen LogP contribution is -2.06. The first kappa shape index (κ1) is 21.1. The van der Waals surface area contributed by atoms with E-state index < -0.39 is 0 Å². The maximum Gasteiger partial charge on any atom is 0.221 e. The summed E-state index contributed by atoms with van der Waals surface area (Å²) in [6.45, 7) is 0. The number of hydrogen-bond donors (Lipinski definition) is 0. The third-order valence-corrected chi connectivity index (χ3v) is 7.42. The van der Waals surface area contributed by atoms with Crippen molar-refractivity contribution < 1.29 is 0 Å². The molecule has 3 nitrogen and oxygen atoms in total. The number of allylic oxidation sites excluding steroid dienone is 8. The molecule has 0 bridgehead atoms. The number of hydrogen-bond acceptors (Lipinski definition) is 2. The van der Waals surface area contributed by atoms with Crippen LogP contribution in [0.2, 0.25) is 0 Å². The SMILES string of the molecule is C1=CC(c2ccc(C3=CCCC(C4=NC(n5c6ccccc6c6ccccc65)N=C4)=C3)cc2)=CCC1. The second-order valence-corrected chi connectivity index (χ2v) is 9.63. The van der Waals surface area contributed by atoms with Crippen molar-refractivity contribution >= 4 is 44.9 Å². The van der Waals surface area contributed by atoms with Gasteiger partial charge in [-0.05, 0) is 71.7 Å². The van der Waals surface area contributed by atoms with Crippen molar-refractivity contribution in [2.45, 2.75) is 32.0 Å². The van der Waals surface area contributed by atoms with Crippen molar-refractivity contribution in [3.05, 3.63) is 120 Å². The maximum absolute atomic E-state index is 5.10. The van der Waals surface area contributed by atoms with E-state index in [1.165, 1.54) is 49.7 Å². The molecule has 2 heterocycles. The van der Waals surface area contributed by atoms with E-state index in [1.54, 1.807) is 0 Å². The van der Waals surface area contributed by atoms with E-state index in [1.807, 2.05) is 6.21 Å². The lowest BCUT2D eigenvalue weighted by molar-refractivity contribution is 0.598. The van der Waals surface area contributed by atoms with Gasteiger partial charge in [0.15, 0.2) is 0 Å². The third kappa shape index (κ3) is 3.59. The van der Waals surface area contributed by atoms with Crippen LogP contribution in [-0.4, -0.2) is 16.5 Å². The topological polar surface area (TPSA) is 29.6 Å². The second-order valence-electron chi connectivity index (χ2n) is 9.63. The van der Waals surface area contributed by atoms with E-state index >= 15 is 0 Å². The highest BCUT2D eigenvalue weighted by Gasteiger charge is 2.22. The van der Waals surface area contributed by atoms with E-state index in [0.717, 1.165) is 31.4 Å². The molecule has 3 aromatic carbocycles. The molecule has 0 N–H and O–H groups in total. The summed E-state index contributed by atoms with van der Waals surface area (Å²) in [6, 6.07) is 26.1. The van der Waals surface area contributed by atoms with Crippen molar-refractivity contribution in [3.63, 3.8) is 0 Å². The van der Waals surface area contributed by atoms with Crippen LogP contribution in [0.1, 0.15) is 43.1 Å². The smallest absolute Gasteiger partial charge is 0.221 e. The first-order chi connectivity index (χ1) is 17.8. The van der Waals surface area contributed by atoms with Gasteiger partial charge in [0.25, 0.3) is 0 Å². The van der Waals surface area contributed by atoms with E-state index in [0.29, 0.717) is 0 Å². The fourth-order valence-electron chi connectivity index (χ4n) is 5.61. The zero-order valence-electron chi connectivity index (χ0n) is 20.1. The average Bonchev–Trinajstić information content (AvgIpc) is 3.57. The molecule has 1 aliphatic heterocycles. The first-order valence-electron chi connectivity index (χ1n) is 12.8. The van der Waals surface area contributed by atoms with Crippen molar-refractivity contribution in [2.75, 3.05) is 0 Å². The van der Waals surface area contributed by atoms with Crippen LogP contribution in [0.4, 0.5) is 0 Å². The standard InChI is InChI=1S/C33H27N3/c1-2-9-23(10-3-1)24-17-19-25(20-18-24)26-11-8-12-27(21-26)30-22-34-33(35-30)36-31-15-6-4-13-28(31)29-14-5-7-16-32(29)36/h2,4-7,9-11,13-22,33H,1,3,8,12H2. The Morgan fingerprint density at radius 3 is 2.06 bits per heavy atom. The third-order valence-electron chi connectivity index (χ3n) is 7.42. The minimum absolute atomic E-state index is 0.267. The van der Waals surface area contributed by atoms with Gasteiger partial charge >= 0.3 is 0 Å². The molecule has 0 amide bonds. The van der Waals surface area contributed by atoms with Gasteiger partial charge in [-0.3, -0.25) is 4.57 Å². The average molecular weight is 466 g/mol. The van der Waals surface area contributed by atoms with E-state index in [4.69, 9.17) is 9.98 Å². The molecule has 36 heavy (non-hydrogen) atoms. The summed E-state index contributed by atoms with van der Waals surface area (Å²) in [5.41, 5.74) is 9.76. The predicted molar refractivity (Wildman–Crippen MR) is 152 cm³/mol. The highest BCUT2D eigenvalue weighted by molar-refractivity contribution is 6.39. The lowest BCUT2D eigenvalue weighted by atomic mass is 9.91. The Hall–Kier alpha value is -4.24. The van der Waals surface area contributed by atoms with Gasteiger partial charge < -0.3 is 0 Å². The van der Waals surface area contributed by atoms with Crippen LogP contribution in [-0.2, 0) is 0 Å². The zero-order chi connectivity index (χ0) is 23.9. The van der Waals surface area contributed by atoms with Crippen molar-refractivity contribution in [3.8, 4) is 0 Å². The number of rotatable bonds is 4. The van der Waals surface area contributed by atoms with Crippen LogP contribution in [0.25, 0.3) is 33.0 Å². The Morgan fingerprint density at radius 2 is 1.36 bits per heavy atom. The molecule has 1 aromatic heterocycles. The fraction of sp³-hybridized carbons (Fsp3) is 0.152. The van der Waals surface area contributed by atoms with E-state index in [2.05, 4.69) is 108 Å². The molecule has 2 aliphatic carbocycles. The Kier molecular flexibility index (Phi) is 5.13. The molecule has 0 fully saturated rings. The molecule has 174 valence electrons. The molecular formula is C33H27N3. The second kappa shape index (κ2) is 8.76. The van der Waals surface area contributed by atoms with Gasteiger partial charge in [0.05, 0.1) is 23.0 Å². The van der Waals surface area contributed by atoms with Crippen molar-refractivity contribution in [2.24, 2.45) is 9.98 Å². The minimum Gasteiger partial charge on any atom is -0.299 e. The van der Waals surface area contributed by atoms with Crippen LogP contribution in [0.15, 0.2) is 119 Å². The largest absolute Gasteiger partial charge is 0.299 e. The van der Waals surface area contributed by atoms with Gasteiger partial charge in [0, 0.05) is 10.8 Å². The van der Waals surface area contributed by atoms with Gasteiger partial charge in [0.1, 0.15) is 0 Å². The summed E-state index contributed by atoms with van der Waals surface area (Å²) in [5.74, 6) is 0. The summed E-state index contributed by atoms with van der Waals surface area (Å²) < 4.78 is 2.27. The molecule has 7 rings (SSSR count). The van der Waals surface area contributed by atoms with Crippen LogP contribution < -0.4 is 0 Å². The summed E-state index contributed by atoms with van der Waals surface area (Å²) in [6.07, 6.45) is 17.5. The summed E-state index contributed by atoms with van der Waals surface area (Å²) in [4.78, 5) is 9.96. The lowest BCUT2D eigenvalue weighted by Gasteiger charge is -2.15. The van der Waals surface area contributed by atoms with Gasteiger partial charge in [-0.25, -0.2) is 9.98 Å². The minimum atomic E-state index is -0.267. The molecule has 1 unspecified atom stereocenters. The molecule has 0 saturated carbocycles. The monoisotopic (exact) mass is 465 g/mol.